The van der Waals surface area contributed by atoms with Crippen molar-refractivity contribution in [1.82, 2.24) is 5.32 Å². The molecule has 0 aliphatic heterocycles. The van der Waals surface area contributed by atoms with Gasteiger partial charge in [-0.15, -0.1) is 0 Å². The van der Waals surface area contributed by atoms with Gasteiger partial charge in [-0.25, -0.2) is 0 Å². The SMILES string of the molecule is CCCNCC1(OCC(F)(F)F)CCC(C(C)(C)C)CC1. The summed E-state index contributed by atoms with van der Waals surface area (Å²) in [5.41, 5.74) is -0.431. The minimum absolute atomic E-state index is 0.215. The maximum atomic E-state index is 12.5. The summed E-state index contributed by atoms with van der Waals surface area (Å²) in [6, 6.07) is 0. The highest BCUT2D eigenvalue weighted by Crippen LogP contribution is 2.43. The third-order valence-electron chi connectivity index (χ3n) is 4.54. The molecule has 0 aromatic heterocycles. The van der Waals surface area contributed by atoms with E-state index in [-0.39, 0.29) is 5.41 Å². The van der Waals surface area contributed by atoms with Crippen molar-refractivity contribution in [2.24, 2.45) is 11.3 Å². The third-order valence-corrected chi connectivity index (χ3v) is 4.54. The van der Waals surface area contributed by atoms with Crippen LogP contribution in [0.4, 0.5) is 13.2 Å². The van der Waals surface area contributed by atoms with Gasteiger partial charge < -0.3 is 10.1 Å². The molecule has 1 saturated carbocycles. The summed E-state index contributed by atoms with van der Waals surface area (Å²) in [4.78, 5) is 0. The first-order valence-corrected chi connectivity index (χ1v) is 7.99. The summed E-state index contributed by atoms with van der Waals surface area (Å²) in [5.74, 6) is 0.561. The molecule has 1 fully saturated rings. The van der Waals surface area contributed by atoms with Gasteiger partial charge in [-0.1, -0.05) is 27.7 Å². The molecule has 0 heterocycles. The number of ether oxygens (including phenoxy) is 1. The monoisotopic (exact) mass is 309 g/mol. The van der Waals surface area contributed by atoms with Crippen LogP contribution in [0, 0.1) is 11.3 Å². The summed E-state index contributed by atoms with van der Waals surface area (Å²) in [7, 11) is 0. The lowest BCUT2D eigenvalue weighted by Gasteiger charge is -2.44. The average Bonchev–Trinajstić information content (AvgIpc) is 2.36. The highest BCUT2D eigenvalue weighted by molar-refractivity contribution is 4.92. The Morgan fingerprint density at radius 1 is 1.14 bits per heavy atom. The second-order valence-corrected chi connectivity index (χ2v) is 7.40. The lowest BCUT2D eigenvalue weighted by molar-refractivity contribution is -0.212. The largest absolute Gasteiger partial charge is 0.411 e. The van der Waals surface area contributed by atoms with Crippen molar-refractivity contribution in [1.29, 1.82) is 0 Å². The first-order valence-electron chi connectivity index (χ1n) is 7.99. The van der Waals surface area contributed by atoms with Crippen LogP contribution < -0.4 is 5.32 Å². The molecule has 0 spiro atoms. The lowest BCUT2D eigenvalue weighted by atomic mass is 9.68. The van der Waals surface area contributed by atoms with Gasteiger partial charge in [0, 0.05) is 6.54 Å². The van der Waals surface area contributed by atoms with Crippen LogP contribution in [0.1, 0.15) is 59.8 Å². The van der Waals surface area contributed by atoms with E-state index in [9.17, 15) is 13.2 Å². The predicted molar refractivity (Wildman–Crippen MR) is 79.3 cm³/mol. The molecule has 2 nitrogen and oxygen atoms in total. The van der Waals surface area contributed by atoms with E-state index in [1.165, 1.54) is 0 Å². The standard InChI is InChI=1S/C16H30F3NO/c1-5-10-20-11-15(21-12-16(17,18)19)8-6-13(7-9-15)14(2,3)4/h13,20H,5-12H2,1-4H3. The van der Waals surface area contributed by atoms with E-state index >= 15 is 0 Å². The lowest BCUT2D eigenvalue weighted by Crippen LogP contribution is -2.48. The number of rotatable bonds is 6. The Balaban J connectivity index is 2.62. The summed E-state index contributed by atoms with van der Waals surface area (Å²) in [6.07, 6.45) is 0.0202. The number of halogens is 3. The first-order chi connectivity index (χ1) is 9.58. The van der Waals surface area contributed by atoms with Crippen molar-refractivity contribution in [2.75, 3.05) is 19.7 Å². The van der Waals surface area contributed by atoms with Gasteiger partial charge >= 0.3 is 6.18 Å². The van der Waals surface area contributed by atoms with E-state index in [1.807, 2.05) is 6.92 Å². The van der Waals surface area contributed by atoms with Gasteiger partial charge in [0.05, 0.1) is 5.60 Å². The van der Waals surface area contributed by atoms with Gasteiger partial charge in [0.15, 0.2) is 0 Å². The molecular weight excluding hydrogens is 279 g/mol. The Morgan fingerprint density at radius 3 is 2.14 bits per heavy atom. The van der Waals surface area contributed by atoms with Gasteiger partial charge in [0.2, 0.25) is 0 Å². The Hall–Kier alpha value is -0.290. The van der Waals surface area contributed by atoms with Crippen LogP contribution in [0.25, 0.3) is 0 Å². The van der Waals surface area contributed by atoms with Crippen molar-refractivity contribution in [3.05, 3.63) is 0 Å². The molecule has 126 valence electrons. The van der Waals surface area contributed by atoms with Crippen molar-refractivity contribution in [3.8, 4) is 0 Å². The fourth-order valence-corrected chi connectivity index (χ4v) is 3.11. The van der Waals surface area contributed by atoms with Gasteiger partial charge in [-0.3, -0.25) is 0 Å². The van der Waals surface area contributed by atoms with Crippen molar-refractivity contribution < 1.29 is 17.9 Å². The van der Waals surface area contributed by atoms with Gasteiger partial charge in [0.25, 0.3) is 0 Å². The Kier molecular flexibility index (Phi) is 6.54. The first kappa shape index (κ1) is 18.8. The zero-order valence-electron chi connectivity index (χ0n) is 13.8. The van der Waals surface area contributed by atoms with Crippen LogP contribution >= 0.6 is 0 Å². The zero-order valence-corrected chi connectivity index (χ0v) is 13.8. The van der Waals surface area contributed by atoms with Crippen molar-refractivity contribution >= 4 is 0 Å². The van der Waals surface area contributed by atoms with Crippen LogP contribution in [-0.2, 0) is 4.74 Å². The molecule has 1 rings (SSSR count). The quantitative estimate of drug-likeness (QED) is 0.727. The maximum Gasteiger partial charge on any atom is 0.411 e. The van der Waals surface area contributed by atoms with Gasteiger partial charge in [-0.2, -0.15) is 13.2 Å². The molecule has 1 N–H and O–H groups in total. The van der Waals surface area contributed by atoms with E-state index in [0.29, 0.717) is 25.3 Å². The zero-order chi connectivity index (χ0) is 16.1. The highest BCUT2D eigenvalue weighted by atomic mass is 19.4. The summed E-state index contributed by atoms with van der Waals surface area (Å²) in [5, 5.41) is 3.24. The number of hydrogen-bond donors (Lipinski definition) is 1. The van der Waals surface area contributed by atoms with Crippen LogP contribution in [0.2, 0.25) is 0 Å². The molecule has 0 atom stereocenters. The summed E-state index contributed by atoms with van der Waals surface area (Å²) in [6.45, 7) is 8.87. The third kappa shape index (κ3) is 6.55. The minimum atomic E-state index is -4.25. The molecule has 0 radical (unpaired) electrons. The minimum Gasteiger partial charge on any atom is -0.364 e. The highest BCUT2D eigenvalue weighted by Gasteiger charge is 2.41. The molecule has 21 heavy (non-hydrogen) atoms. The molecule has 0 bridgehead atoms. The molecule has 1 aliphatic carbocycles. The topological polar surface area (TPSA) is 21.3 Å². The second kappa shape index (κ2) is 7.32. The molecular formula is C16H30F3NO. The van der Waals surface area contributed by atoms with Gasteiger partial charge in [-0.05, 0) is 50.0 Å². The molecule has 1 aliphatic rings. The second-order valence-electron chi connectivity index (χ2n) is 7.40. The Bertz CT molecular complexity index is 302. The van der Waals surface area contributed by atoms with Gasteiger partial charge in [0.1, 0.15) is 6.61 Å². The van der Waals surface area contributed by atoms with E-state index in [0.717, 1.165) is 25.8 Å². The number of nitrogens with one attached hydrogen (secondary N) is 1. The fraction of sp³-hybridized carbons (Fsp3) is 1.00. The van der Waals surface area contributed by atoms with Crippen LogP contribution in [0.5, 0.6) is 0 Å². The molecule has 0 aromatic rings. The fourth-order valence-electron chi connectivity index (χ4n) is 3.11. The molecule has 0 aromatic carbocycles. The molecule has 0 unspecified atom stereocenters. The summed E-state index contributed by atoms with van der Waals surface area (Å²) < 4.78 is 42.8. The number of alkyl halides is 3. The van der Waals surface area contributed by atoms with E-state index in [2.05, 4.69) is 26.1 Å². The smallest absolute Gasteiger partial charge is 0.364 e. The van der Waals surface area contributed by atoms with Crippen LogP contribution in [0.3, 0.4) is 0 Å². The summed E-state index contributed by atoms with van der Waals surface area (Å²) >= 11 is 0. The van der Waals surface area contributed by atoms with Crippen LogP contribution in [0.15, 0.2) is 0 Å². The number of hydrogen-bond acceptors (Lipinski definition) is 2. The molecule has 0 saturated heterocycles. The van der Waals surface area contributed by atoms with E-state index in [4.69, 9.17) is 4.74 Å². The maximum absolute atomic E-state index is 12.5. The Labute approximate surface area is 126 Å². The molecule has 5 heteroatoms. The van der Waals surface area contributed by atoms with Crippen LogP contribution in [-0.4, -0.2) is 31.5 Å². The van der Waals surface area contributed by atoms with Crippen molar-refractivity contribution in [3.63, 3.8) is 0 Å². The normalized spacial score (nSPS) is 27.9. The van der Waals surface area contributed by atoms with E-state index < -0.39 is 18.4 Å². The Morgan fingerprint density at radius 2 is 1.71 bits per heavy atom. The van der Waals surface area contributed by atoms with E-state index in [1.54, 1.807) is 0 Å². The average molecular weight is 309 g/mol. The predicted octanol–water partition coefficient (Wildman–Crippen LogP) is 4.54. The van der Waals surface area contributed by atoms with Crippen molar-refractivity contribution in [2.45, 2.75) is 71.6 Å². The molecule has 0 amide bonds.